The Morgan fingerprint density at radius 1 is 0.882 bits per heavy atom. The first-order valence-electron chi connectivity index (χ1n) is 5.47. The summed E-state index contributed by atoms with van der Waals surface area (Å²) in [6.45, 7) is 0. The van der Waals surface area contributed by atoms with Crippen molar-refractivity contribution in [3.05, 3.63) is 66.6 Å². The molecule has 0 saturated carbocycles. The predicted molar refractivity (Wildman–Crippen MR) is 69.9 cm³/mol. The van der Waals surface area contributed by atoms with Gasteiger partial charge < -0.3 is 4.42 Å². The van der Waals surface area contributed by atoms with Crippen LogP contribution >= 0.6 is 0 Å². The first-order valence-corrected chi connectivity index (χ1v) is 5.47. The minimum Gasteiger partial charge on any atom is -0.471 e. The molecule has 0 amide bonds. The Bertz CT molecular complexity index is 653. The molecule has 82 valence electrons. The molecule has 2 nitrogen and oxygen atoms in total. The summed E-state index contributed by atoms with van der Waals surface area (Å²) in [5.74, 6) is 0. The lowest BCUT2D eigenvalue weighted by atomic mass is 10.2. The van der Waals surface area contributed by atoms with E-state index in [1.54, 1.807) is 12.5 Å². The number of benzene rings is 2. The molecule has 0 radical (unpaired) electrons. The molecule has 0 unspecified atom stereocenters. The SMILES string of the molecule is C(=Nc1cccc2cocc12)c1ccccc1. The van der Waals surface area contributed by atoms with Crippen LogP contribution in [0.5, 0.6) is 0 Å². The van der Waals surface area contributed by atoms with Crippen LogP contribution in [0.25, 0.3) is 10.8 Å². The Hall–Kier alpha value is -2.35. The molecule has 0 saturated heterocycles. The summed E-state index contributed by atoms with van der Waals surface area (Å²) >= 11 is 0. The highest BCUT2D eigenvalue weighted by molar-refractivity contribution is 5.94. The fraction of sp³-hybridized carbons (Fsp3) is 0. The maximum Gasteiger partial charge on any atom is 0.100 e. The van der Waals surface area contributed by atoms with Crippen LogP contribution in [-0.2, 0) is 0 Å². The van der Waals surface area contributed by atoms with Crippen LogP contribution in [0, 0.1) is 0 Å². The van der Waals surface area contributed by atoms with Crippen molar-refractivity contribution in [1.29, 1.82) is 0 Å². The third-order valence-electron chi connectivity index (χ3n) is 2.65. The van der Waals surface area contributed by atoms with Gasteiger partial charge in [0.2, 0.25) is 0 Å². The zero-order valence-electron chi connectivity index (χ0n) is 9.21. The average molecular weight is 221 g/mol. The lowest BCUT2D eigenvalue weighted by Gasteiger charge is -1.95. The van der Waals surface area contributed by atoms with Crippen LogP contribution in [0.3, 0.4) is 0 Å². The molecule has 0 aliphatic carbocycles. The summed E-state index contributed by atoms with van der Waals surface area (Å²) in [6.07, 6.45) is 5.33. The van der Waals surface area contributed by atoms with Crippen molar-refractivity contribution in [2.24, 2.45) is 4.99 Å². The van der Waals surface area contributed by atoms with Gasteiger partial charge in [-0.15, -0.1) is 0 Å². The van der Waals surface area contributed by atoms with Gasteiger partial charge in [-0.05, 0) is 11.6 Å². The van der Waals surface area contributed by atoms with Gasteiger partial charge in [-0.1, -0.05) is 42.5 Å². The quantitative estimate of drug-likeness (QED) is 0.596. The summed E-state index contributed by atoms with van der Waals surface area (Å²) < 4.78 is 5.18. The Balaban J connectivity index is 2.00. The van der Waals surface area contributed by atoms with E-state index < -0.39 is 0 Å². The fourth-order valence-corrected chi connectivity index (χ4v) is 1.77. The van der Waals surface area contributed by atoms with E-state index in [4.69, 9.17) is 4.42 Å². The third kappa shape index (κ3) is 1.97. The van der Waals surface area contributed by atoms with Gasteiger partial charge in [0.25, 0.3) is 0 Å². The molecule has 0 bridgehead atoms. The number of rotatable bonds is 2. The van der Waals surface area contributed by atoms with Crippen molar-refractivity contribution in [3.63, 3.8) is 0 Å². The molecule has 0 aliphatic heterocycles. The van der Waals surface area contributed by atoms with E-state index in [1.807, 2.05) is 54.7 Å². The largest absolute Gasteiger partial charge is 0.471 e. The van der Waals surface area contributed by atoms with Crippen molar-refractivity contribution in [2.75, 3.05) is 0 Å². The van der Waals surface area contributed by atoms with Gasteiger partial charge in [-0.3, -0.25) is 4.99 Å². The minimum atomic E-state index is 0.931. The van der Waals surface area contributed by atoms with E-state index in [-0.39, 0.29) is 0 Å². The molecule has 0 N–H and O–H groups in total. The summed E-state index contributed by atoms with van der Waals surface area (Å²) in [4.78, 5) is 4.49. The number of hydrogen-bond acceptors (Lipinski definition) is 2. The second-order valence-electron chi connectivity index (χ2n) is 3.82. The fourth-order valence-electron chi connectivity index (χ4n) is 1.77. The predicted octanol–water partition coefficient (Wildman–Crippen LogP) is 4.18. The van der Waals surface area contributed by atoms with Crippen molar-refractivity contribution >= 4 is 22.7 Å². The minimum absolute atomic E-state index is 0.931. The number of hydrogen-bond donors (Lipinski definition) is 0. The summed E-state index contributed by atoms with van der Waals surface area (Å²) in [5, 5.41) is 2.12. The summed E-state index contributed by atoms with van der Waals surface area (Å²) in [6, 6.07) is 16.0. The Morgan fingerprint density at radius 2 is 1.76 bits per heavy atom. The van der Waals surface area contributed by atoms with Gasteiger partial charge in [0.1, 0.15) is 6.26 Å². The second kappa shape index (κ2) is 4.26. The van der Waals surface area contributed by atoms with Crippen molar-refractivity contribution in [3.8, 4) is 0 Å². The van der Waals surface area contributed by atoms with Gasteiger partial charge >= 0.3 is 0 Å². The Kier molecular flexibility index (Phi) is 2.47. The average Bonchev–Trinajstić information content (AvgIpc) is 2.86. The first-order chi connectivity index (χ1) is 8.43. The molecular formula is C15H11NO. The second-order valence-corrected chi connectivity index (χ2v) is 3.82. The summed E-state index contributed by atoms with van der Waals surface area (Å²) in [5.41, 5.74) is 2.02. The van der Waals surface area contributed by atoms with Crippen LogP contribution < -0.4 is 0 Å². The zero-order chi connectivity index (χ0) is 11.5. The Morgan fingerprint density at radius 3 is 2.65 bits per heavy atom. The molecule has 3 aromatic rings. The van der Waals surface area contributed by atoms with Gasteiger partial charge in [0.05, 0.1) is 12.0 Å². The standard InChI is InChI=1S/C15H11NO/c1-2-5-12(6-3-1)9-16-15-8-4-7-13-10-17-11-14(13)15/h1-11H. The van der Waals surface area contributed by atoms with Gasteiger partial charge in [0, 0.05) is 17.0 Å². The molecule has 0 fully saturated rings. The molecule has 2 heteroatoms. The lowest BCUT2D eigenvalue weighted by Crippen LogP contribution is -1.78. The van der Waals surface area contributed by atoms with Crippen LogP contribution in [0.15, 0.2) is 70.5 Å². The highest BCUT2D eigenvalue weighted by atomic mass is 16.3. The molecule has 1 heterocycles. The first kappa shape index (κ1) is 9.85. The van der Waals surface area contributed by atoms with E-state index in [1.165, 1.54) is 0 Å². The lowest BCUT2D eigenvalue weighted by molar-refractivity contribution is 0.572. The number of fused-ring (bicyclic) bond motifs is 1. The van der Waals surface area contributed by atoms with E-state index in [0.29, 0.717) is 0 Å². The van der Waals surface area contributed by atoms with Gasteiger partial charge in [0.15, 0.2) is 0 Å². The molecule has 0 atom stereocenters. The van der Waals surface area contributed by atoms with Crippen molar-refractivity contribution in [2.45, 2.75) is 0 Å². The van der Waals surface area contributed by atoms with Gasteiger partial charge in [-0.25, -0.2) is 0 Å². The van der Waals surface area contributed by atoms with Crippen LogP contribution in [0.4, 0.5) is 5.69 Å². The highest BCUT2D eigenvalue weighted by Gasteiger charge is 2.00. The third-order valence-corrected chi connectivity index (χ3v) is 2.65. The van der Waals surface area contributed by atoms with Crippen LogP contribution in [0.2, 0.25) is 0 Å². The topological polar surface area (TPSA) is 25.5 Å². The zero-order valence-corrected chi connectivity index (χ0v) is 9.21. The number of nitrogens with zero attached hydrogens (tertiary/aromatic N) is 1. The number of furan rings is 1. The molecule has 0 aliphatic rings. The highest BCUT2D eigenvalue weighted by Crippen LogP contribution is 2.26. The monoisotopic (exact) mass is 221 g/mol. The van der Waals surface area contributed by atoms with E-state index in [0.717, 1.165) is 22.0 Å². The molecule has 0 spiro atoms. The van der Waals surface area contributed by atoms with E-state index in [9.17, 15) is 0 Å². The molecule has 17 heavy (non-hydrogen) atoms. The Labute approximate surface area is 99.2 Å². The molecule has 3 rings (SSSR count). The normalized spacial score (nSPS) is 11.3. The molecular weight excluding hydrogens is 210 g/mol. The van der Waals surface area contributed by atoms with Crippen molar-refractivity contribution in [1.82, 2.24) is 0 Å². The smallest absolute Gasteiger partial charge is 0.100 e. The number of aliphatic imine (C=N–C) groups is 1. The maximum atomic E-state index is 5.18. The maximum absolute atomic E-state index is 5.18. The van der Waals surface area contributed by atoms with E-state index >= 15 is 0 Å². The summed E-state index contributed by atoms with van der Waals surface area (Å²) in [7, 11) is 0. The van der Waals surface area contributed by atoms with Gasteiger partial charge in [-0.2, -0.15) is 0 Å². The molecule has 2 aromatic carbocycles. The van der Waals surface area contributed by atoms with Crippen LogP contribution in [-0.4, -0.2) is 6.21 Å². The van der Waals surface area contributed by atoms with E-state index in [2.05, 4.69) is 4.99 Å². The molecule has 1 aromatic heterocycles. The van der Waals surface area contributed by atoms with Crippen molar-refractivity contribution < 1.29 is 4.42 Å². The van der Waals surface area contributed by atoms with Crippen LogP contribution in [0.1, 0.15) is 5.56 Å².